The van der Waals surface area contributed by atoms with Crippen molar-refractivity contribution >= 4 is 53.1 Å². The number of carbonyl (C=O) groups excluding carboxylic acids is 7. The third kappa shape index (κ3) is 18.9. The van der Waals surface area contributed by atoms with Gasteiger partial charge in [0.15, 0.2) is 30.3 Å². The van der Waals surface area contributed by atoms with Crippen LogP contribution < -0.4 is 0 Å². The van der Waals surface area contributed by atoms with Gasteiger partial charge in [-0.25, -0.2) is 19.2 Å². The minimum atomic E-state index is -1.51. The molecule has 1 saturated heterocycles. The van der Waals surface area contributed by atoms with Gasteiger partial charge < -0.3 is 43.4 Å². The van der Waals surface area contributed by atoms with Gasteiger partial charge in [-0.15, -0.1) is 0 Å². The smallest absolute Gasteiger partial charge is 0.329 e. The molecular weight excluding hydrogens is 1020 g/mol. The number of hydrogen-bond acceptors (Lipinski definition) is 15. The molecular formula is C59H82N6O14. The highest BCUT2D eigenvalue weighted by molar-refractivity contribution is 5.95. The fraction of sp³-hybridized carbons (Fsp3) is 0.559. The zero-order chi connectivity index (χ0) is 58.8. The number of nitro groups is 1. The largest absolute Gasteiger partial charge is 0.453 e. The first-order valence-electron chi connectivity index (χ1n) is 27.1. The topological polar surface area (TPSA) is 234 Å². The molecule has 0 aromatic heterocycles. The van der Waals surface area contributed by atoms with E-state index in [0.29, 0.717) is 16.7 Å². The Kier molecular flexibility index (Phi) is 24.4. The zero-order valence-electron chi connectivity index (χ0n) is 48.4. The van der Waals surface area contributed by atoms with Gasteiger partial charge in [0.25, 0.3) is 23.4 Å². The number of non-ortho nitro benzene ring substituents is 1. The van der Waals surface area contributed by atoms with Crippen molar-refractivity contribution in [1.29, 1.82) is 0 Å². The van der Waals surface area contributed by atoms with Crippen LogP contribution in [0.4, 0.5) is 5.69 Å². The van der Waals surface area contributed by atoms with Crippen LogP contribution in [-0.2, 0) is 76.8 Å². The third-order valence-corrected chi connectivity index (χ3v) is 13.6. The normalized spacial score (nSPS) is 23.7. The Balaban J connectivity index is 1.96. The fourth-order valence-corrected chi connectivity index (χ4v) is 9.17. The molecule has 8 atom stereocenters. The number of amides is 3. The van der Waals surface area contributed by atoms with Crippen molar-refractivity contribution in [3.63, 3.8) is 0 Å². The summed E-state index contributed by atoms with van der Waals surface area (Å²) in [6.07, 6.45) is -5.61. The van der Waals surface area contributed by atoms with Crippen LogP contribution in [0.5, 0.6) is 0 Å². The molecule has 3 amide bonds. The summed E-state index contributed by atoms with van der Waals surface area (Å²) >= 11 is 0. The van der Waals surface area contributed by atoms with Crippen molar-refractivity contribution in [3.8, 4) is 0 Å². The van der Waals surface area contributed by atoms with Gasteiger partial charge in [0.1, 0.15) is 30.8 Å². The minimum Gasteiger partial charge on any atom is -0.453 e. The number of esters is 4. The van der Waals surface area contributed by atoms with Crippen LogP contribution in [0.25, 0.3) is 0 Å². The molecule has 1 fully saturated rings. The van der Waals surface area contributed by atoms with E-state index in [1.165, 1.54) is 76.1 Å². The van der Waals surface area contributed by atoms with Gasteiger partial charge in [-0.2, -0.15) is 0 Å². The summed E-state index contributed by atoms with van der Waals surface area (Å²) < 4.78 is 24.5. The lowest BCUT2D eigenvalue weighted by molar-refractivity contribution is -0.384. The number of carbonyl (C=O) groups is 7. The van der Waals surface area contributed by atoms with Gasteiger partial charge in [0.05, 0.1) is 4.92 Å². The van der Waals surface area contributed by atoms with Crippen molar-refractivity contribution in [2.24, 2.45) is 28.8 Å². The highest BCUT2D eigenvalue weighted by atomic mass is 16.6. The fourth-order valence-electron chi connectivity index (χ4n) is 9.17. The summed E-state index contributed by atoms with van der Waals surface area (Å²) in [4.78, 5) is 125. The van der Waals surface area contributed by atoms with Crippen LogP contribution in [0.3, 0.4) is 0 Å². The molecule has 1 heterocycles. The van der Waals surface area contributed by atoms with Crippen molar-refractivity contribution in [2.75, 3.05) is 28.2 Å². The van der Waals surface area contributed by atoms with E-state index in [4.69, 9.17) is 23.8 Å². The molecule has 0 aliphatic carbocycles. The van der Waals surface area contributed by atoms with E-state index in [0.717, 1.165) is 9.80 Å². The number of nitrogens with zero attached hydrogens (tertiary/aromatic N) is 6. The molecule has 79 heavy (non-hydrogen) atoms. The van der Waals surface area contributed by atoms with Crippen molar-refractivity contribution in [3.05, 3.63) is 112 Å². The van der Waals surface area contributed by atoms with E-state index < -0.39 is 95.1 Å². The highest BCUT2D eigenvalue weighted by Gasteiger charge is 2.43. The molecule has 0 saturated carbocycles. The van der Waals surface area contributed by atoms with E-state index in [1.54, 1.807) is 60.7 Å². The van der Waals surface area contributed by atoms with Crippen LogP contribution in [0.1, 0.15) is 112 Å². The number of nitro benzene ring substituents is 1. The summed E-state index contributed by atoms with van der Waals surface area (Å²) in [5.74, 6) is -6.58. The Morgan fingerprint density at radius 3 is 1.19 bits per heavy atom. The summed E-state index contributed by atoms with van der Waals surface area (Å²) in [7, 11) is 5.72. The van der Waals surface area contributed by atoms with Crippen LogP contribution in [0.15, 0.2) is 90.1 Å². The number of amidine groups is 1. The van der Waals surface area contributed by atoms with Gasteiger partial charge in [-0.05, 0) is 92.0 Å². The maximum atomic E-state index is 15.0. The quantitative estimate of drug-likeness (QED) is 0.0582. The average Bonchev–Trinajstić information content (AvgIpc) is 3.40. The molecule has 3 aromatic carbocycles. The second kappa shape index (κ2) is 30.1. The van der Waals surface area contributed by atoms with Crippen LogP contribution in [-0.4, -0.2) is 149 Å². The van der Waals surface area contributed by atoms with Gasteiger partial charge in [-0.3, -0.25) is 24.5 Å². The molecule has 1 aliphatic rings. The van der Waals surface area contributed by atoms with Gasteiger partial charge in [0, 0.05) is 53.2 Å². The maximum Gasteiger partial charge on any atom is 0.329 e. The van der Waals surface area contributed by atoms with E-state index in [1.807, 2.05) is 55.4 Å². The predicted molar refractivity (Wildman–Crippen MR) is 296 cm³/mol. The van der Waals surface area contributed by atoms with Gasteiger partial charge >= 0.3 is 23.9 Å². The Morgan fingerprint density at radius 1 is 0.481 bits per heavy atom. The molecule has 3 aromatic rings. The minimum absolute atomic E-state index is 0.0766. The standard InChI is InChI=1S/C59H82N6O14/c1-36(2)29-46-58(71)78-50(33-42-21-17-15-18-22-42)54(67)64(14)48(31-38(5)6)57(70)77-41(10)53(66)62(12)49(32-39(7)8)59(72)79-51(34-43-23-19-16-20-24-43)55(68)63(13)47(30-37(3)4)56(69)76-40(9)52(61(46)11)60-75-35-44-25-27-45(28-26-44)65(73)74/h15-28,36-41,46-51H,29-35H2,1-14H3/b60-52+/t40-,41-,46+,47+,48?,49+,50-,51-/m1/s1. The molecule has 1 aliphatic heterocycles. The average molecular weight is 1100 g/mol. The van der Waals surface area contributed by atoms with Crippen molar-refractivity contribution in [2.45, 2.75) is 163 Å². The Labute approximate surface area is 465 Å². The summed E-state index contributed by atoms with van der Waals surface area (Å²) in [6.45, 7) is 17.5. The first-order valence-corrected chi connectivity index (χ1v) is 27.1. The number of cyclic esters (lactones) is 4. The molecule has 0 N–H and O–H groups in total. The first-order chi connectivity index (χ1) is 37.2. The Hall–Kier alpha value is -7.38. The van der Waals surface area contributed by atoms with E-state index in [2.05, 4.69) is 5.16 Å². The second-order valence-corrected chi connectivity index (χ2v) is 22.1. The molecule has 0 bridgehead atoms. The van der Waals surface area contributed by atoms with Crippen LogP contribution in [0.2, 0.25) is 0 Å². The van der Waals surface area contributed by atoms with Crippen molar-refractivity contribution in [1.82, 2.24) is 19.6 Å². The molecule has 0 radical (unpaired) electrons. The number of likely N-dealkylation sites (N-methyl/N-ethyl adjacent to an activating group) is 4. The monoisotopic (exact) mass is 1100 g/mol. The number of hydrogen-bond donors (Lipinski definition) is 0. The Bertz CT molecular complexity index is 2560. The van der Waals surface area contributed by atoms with Gasteiger partial charge in [0.2, 0.25) is 0 Å². The maximum absolute atomic E-state index is 15.0. The number of benzene rings is 3. The number of oxime groups is 1. The van der Waals surface area contributed by atoms with E-state index in [-0.39, 0.29) is 80.3 Å². The number of ether oxygens (including phenoxy) is 4. The summed E-state index contributed by atoms with van der Waals surface area (Å²) in [5.41, 5.74) is 1.63. The molecule has 432 valence electrons. The van der Waals surface area contributed by atoms with Crippen LogP contribution >= 0.6 is 0 Å². The molecule has 0 spiro atoms. The lowest BCUT2D eigenvalue weighted by Crippen LogP contribution is -2.55. The number of rotatable bonds is 16. The SMILES string of the molecule is CC(C)CC1C(=O)O[C@H](C)C(=O)N(C)[C@@H](CC(C)C)C(=O)O[C@H](Cc2ccccc2)C(=O)N(C)[C@@H](CC(C)C)C(=O)O[C@H](C)/C(=N\OCc2ccc([N+](=O)[O-])cc2)N(C)[C@@H](CC(C)C)C(=O)O[C@H](Cc2ccccc2)C(=O)N1C. The second-order valence-electron chi connectivity index (χ2n) is 22.1. The molecule has 4 rings (SSSR count). The zero-order valence-corrected chi connectivity index (χ0v) is 48.4. The first kappa shape index (κ1) is 64.1. The van der Waals surface area contributed by atoms with Crippen LogP contribution in [0, 0.1) is 33.8 Å². The highest BCUT2D eigenvalue weighted by Crippen LogP contribution is 2.25. The van der Waals surface area contributed by atoms with Crippen molar-refractivity contribution < 1.29 is 62.3 Å². The van der Waals surface area contributed by atoms with E-state index in [9.17, 15) is 43.7 Å². The van der Waals surface area contributed by atoms with E-state index >= 15 is 0 Å². The predicted octanol–water partition coefficient (Wildman–Crippen LogP) is 7.58. The lowest BCUT2D eigenvalue weighted by atomic mass is 10.00. The lowest BCUT2D eigenvalue weighted by Gasteiger charge is -2.36. The Morgan fingerprint density at radius 2 is 0.823 bits per heavy atom. The summed E-state index contributed by atoms with van der Waals surface area (Å²) in [5, 5.41) is 15.8. The molecule has 20 nitrogen and oxygen atoms in total. The van der Waals surface area contributed by atoms with Gasteiger partial charge in [-0.1, -0.05) is 121 Å². The molecule has 20 heteroatoms. The molecule has 1 unspecified atom stereocenters. The summed E-state index contributed by atoms with van der Waals surface area (Å²) in [6, 6.07) is 18.3. The third-order valence-electron chi connectivity index (χ3n) is 13.6.